The molecule has 1 atom stereocenters. The molecule has 0 aliphatic carbocycles. The Bertz CT molecular complexity index is 1080. The van der Waals surface area contributed by atoms with E-state index >= 15 is 0 Å². The third-order valence-electron chi connectivity index (χ3n) is 4.71. The summed E-state index contributed by atoms with van der Waals surface area (Å²) in [4.78, 5) is 17.4. The lowest BCUT2D eigenvalue weighted by Gasteiger charge is -2.29. The second-order valence-corrected chi connectivity index (χ2v) is 7.46. The summed E-state index contributed by atoms with van der Waals surface area (Å²) in [5.41, 5.74) is 2.81. The maximum Gasteiger partial charge on any atom is 0.338 e. The number of anilines is 1. The molecule has 0 amide bonds. The van der Waals surface area contributed by atoms with E-state index in [1.807, 2.05) is 55.5 Å². The van der Waals surface area contributed by atoms with Crippen LogP contribution in [0.1, 0.15) is 24.1 Å². The van der Waals surface area contributed by atoms with Crippen LogP contribution < -0.4 is 10.1 Å². The molecule has 0 unspecified atom stereocenters. The smallest absolute Gasteiger partial charge is 0.338 e. The van der Waals surface area contributed by atoms with Crippen LogP contribution in [0.3, 0.4) is 0 Å². The van der Waals surface area contributed by atoms with Gasteiger partial charge in [0.15, 0.2) is 0 Å². The van der Waals surface area contributed by atoms with Gasteiger partial charge in [-0.3, -0.25) is 0 Å². The minimum atomic E-state index is -0.538. The Morgan fingerprint density at radius 2 is 2.03 bits per heavy atom. The topological polar surface area (TPSA) is 78.3 Å². The highest BCUT2D eigenvalue weighted by Crippen LogP contribution is 2.40. The summed E-state index contributed by atoms with van der Waals surface area (Å²) in [5, 5.41) is 7.47. The number of halogens is 1. The molecule has 2 heterocycles. The zero-order valence-electron chi connectivity index (χ0n) is 15.9. The summed E-state index contributed by atoms with van der Waals surface area (Å²) in [5.74, 6) is 0.767. The number of hydrogen-bond acceptors (Lipinski definition) is 6. The van der Waals surface area contributed by atoms with E-state index in [2.05, 4.69) is 31.3 Å². The van der Waals surface area contributed by atoms with Gasteiger partial charge in [-0.25, -0.2) is 9.48 Å². The van der Waals surface area contributed by atoms with Crippen LogP contribution in [-0.4, -0.2) is 27.8 Å². The molecular formula is C21H19BrN4O3. The van der Waals surface area contributed by atoms with Gasteiger partial charge in [0.25, 0.3) is 0 Å². The van der Waals surface area contributed by atoms with Crippen molar-refractivity contribution in [3.63, 3.8) is 0 Å². The average Bonchev–Trinajstić information content (AvgIpc) is 3.19. The highest BCUT2D eigenvalue weighted by molar-refractivity contribution is 9.10. The molecule has 7 nitrogen and oxygen atoms in total. The van der Waals surface area contributed by atoms with Crippen molar-refractivity contribution in [2.45, 2.75) is 19.6 Å². The first-order valence-electron chi connectivity index (χ1n) is 9.00. The monoisotopic (exact) mass is 454 g/mol. The molecular weight excluding hydrogens is 436 g/mol. The molecule has 3 aromatic rings. The quantitative estimate of drug-likeness (QED) is 0.585. The van der Waals surface area contributed by atoms with E-state index in [1.54, 1.807) is 11.8 Å². The zero-order valence-corrected chi connectivity index (χ0v) is 17.5. The molecule has 0 spiro atoms. The molecule has 1 N–H and O–H groups in total. The van der Waals surface area contributed by atoms with Gasteiger partial charge in [0.2, 0.25) is 5.95 Å². The number of methoxy groups -OCH3 is 1. The Labute approximate surface area is 176 Å². The highest BCUT2D eigenvalue weighted by Gasteiger charge is 2.36. The lowest BCUT2D eigenvalue weighted by Crippen LogP contribution is -2.30. The van der Waals surface area contributed by atoms with E-state index < -0.39 is 12.0 Å². The minimum Gasteiger partial charge on any atom is -0.496 e. The number of ether oxygens (including phenoxy) is 2. The summed E-state index contributed by atoms with van der Waals surface area (Å²) in [6.07, 6.45) is 1.45. The molecule has 0 bridgehead atoms. The summed E-state index contributed by atoms with van der Waals surface area (Å²) >= 11 is 3.51. The van der Waals surface area contributed by atoms with Crippen molar-refractivity contribution in [2.24, 2.45) is 0 Å². The number of rotatable bonds is 5. The molecule has 1 aliphatic heterocycles. The number of fused-ring (bicyclic) bond motifs is 1. The molecule has 0 saturated carbocycles. The number of carbonyl (C=O) groups excluding carboxylic acids is 1. The molecule has 0 radical (unpaired) electrons. The first-order chi connectivity index (χ1) is 14.1. The van der Waals surface area contributed by atoms with Gasteiger partial charge in [-0.2, -0.15) is 10.1 Å². The van der Waals surface area contributed by atoms with E-state index in [-0.39, 0.29) is 6.61 Å². The second-order valence-electron chi connectivity index (χ2n) is 6.54. The van der Waals surface area contributed by atoms with E-state index in [0.717, 1.165) is 15.6 Å². The second kappa shape index (κ2) is 8.08. The van der Waals surface area contributed by atoms with Crippen LogP contribution in [0.2, 0.25) is 0 Å². The molecule has 1 aromatic heterocycles. The van der Waals surface area contributed by atoms with E-state index in [9.17, 15) is 4.79 Å². The fourth-order valence-corrected chi connectivity index (χ4v) is 3.74. The lowest BCUT2D eigenvalue weighted by molar-refractivity contribution is -0.140. The molecule has 4 rings (SSSR count). The Hall–Kier alpha value is -3.13. The number of carbonyl (C=O) groups is 1. The van der Waals surface area contributed by atoms with Crippen LogP contribution in [0.4, 0.5) is 5.95 Å². The minimum absolute atomic E-state index is 0.184. The van der Waals surface area contributed by atoms with E-state index in [4.69, 9.17) is 9.47 Å². The van der Waals surface area contributed by atoms with Gasteiger partial charge in [0.1, 0.15) is 24.7 Å². The summed E-state index contributed by atoms with van der Waals surface area (Å²) in [6, 6.07) is 14.7. The fraction of sp³-hybridized carbons (Fsp3) is 0.190. The van der Waals surface area contributed by atoms with Crippen molar-refractivity contribution >= 4 is 27.8 Å². The van der Waals surface area contributed by atoms with Crippen molar-refractivity contribution in [1.82, 2.24) is 14.8 Å². The van der Waals surface area contributed by atoms with Crippen LogP contribution in [0, 0.1) is 0 Å². The number of nitrogens with one attached hydrogen (secondary N) is 1. The lowest BCUT2D eigenvalue weighted by atomic mass is 9.95. The van der Waals surface area contributed by atoms with Gasteiger partial charge in [0, 0.05) is 15.7 Å². The van der Waals surface area contributed by atoms with Crippen molar-refractivity contribution < 1.29 is 14.3 Å². The predicted octanol–water partition coefficient (Wildman–Crippen LogP) is 4.08. The van der Waals surface area contributed by atoms with Crippen molar-refractivity contribution in [2.75, 3.05) is 12.4 Å². The molecule has 1 aliphatic rings. The number of allylic oxidation sites excluding steroid dienone is 1. The largest absolute Gasteiger partial charge is 0.496 e. The van der Waals surface area contributed by atoms with Crippen LogP contribution >= 0.6 is 15.9 Å². The first kappa shape index (κ1) is 19.2. The van der Waals surface area contributed by atoms with Crippen LogP contribution in [0.25, 0.3) is 0 Å². The van der Waals surface area contributed by atoms with Gasteiger partial charge in [-0.05, 0) is 30.7 Å². The molecule has 8 heteroatoms. The SMILES string of the molecule is COc1ccc(Br)cc1[C@H]1C(C(=O)OCc2ccccc2)=C(C)Nc2ncnn21. The fourth-order valence-electron chi connectivity index (χ4n) is 3.36. The van der Waals surface area contributed by atoms with E-state index in [0.29, 0.717) is 23.0 Å². The number of esters is 1. The van der Waals surface area contributed by atoms with Crippen LogP contribution in [0.15, 0.2) is 70.6 Å². The molecule has 2 aromatic carbocycles. The maximum absolute atomic E-state index is 13.1. The summed E-state index contributed by atoms with van der Waals surface area (Å²) < 4.78 is 13.7. The van der Waals surface area contributed by atoms with Crippen LogP contribution in [0.5, 0.6) is 5.75 Å². The number of benzene rings is 2. The van der Waals surface area contributed by atoms with Gasteiger partial charge in [0.05, 0.1) is 12.7 Å². The molecule has 148 valence electrons. The highest BCUT2D eigenvalue weighted by atomic mass is 79.9. The first-order valence-corrected chi connectivity index (χ1v) is 9.79. The third kappa shape index (κ3) is 3.75. The normalized spacial score (nSPS) is 15.5. The van der Waals surface area contributed by atoms with Gasteiger partial charge in [-0.15, -0.1) is 0 Å². The zero-order chi connectivity index (χ0) is 20.4. The maximum atomic E-state index is 13.1. The number of hydrogen-bond donors (Lipinski definition) is 1. The Morgan fingerprint density at radius 3 is 2.79 bits per heavy atom. The Kier molecular flexibility index (Phi) is 5.35. The standard InChI is InChI=1S/C21H19BrN4O3/c1-13-18(20(27)29-11-14-6-4-3-5-7-14)19(26-21(25-13)23-12-24-26)16-10-15(22)8-9-17(16)28-2/h3-10,12,19H,11H2,1-2H3,(H,23,24,25)/t19-/m0/s1. The Morgan fingerprint density at radius 1 is 1.24 bits per heavy atom. The van der Waals surface area contributed by atoms with Gasteiger partial charge >= 0.3 is 5.97 Å². The van der Waals surface area contributed by atoms with Crippen molar-refractivity contribution in [3.8, 4) is 5.75 Å². The molecule has 0 saturated heterocycles. The third-order valence-corrected chi connectivity index (χ3v) is 5.21. The predicted molar refractivity (Wildman–Crippen MR) is 111 cm³/mol. The molecule has 29 heavy (non-hydrogen) atoms. The summed E-state index contributed by atoms with van der Waals surface area (Å²) in [6.45, 7) is 2.01. The van der Waals surface area contributed by atoms with Crippen LogP contribution in [-0.2, 0) is 16.1 Å². The molecule has 0 fully saturated rings. The Balaban J connectivity index is 1.74. The van der Waals surface area contributed by atoms with Gasteiger partial charge < -0.3 is 14.8 Å². The number of aromatic nitrogens is 3. The van der Waals surface area contributed by atoms with Crippen molar-refractivity contribution in [1.29, 1.82) is 0 Å². The van der Waals surface area contributed by atoms with Gasteiger partial charge in [-0.1, -0.05) is 46.3 Å². The van der Waals surface area contributed by atoms with Crippen molar-refractivity contribution in [3.05, 3.63) is 81.7 Å². The van der Waals surface area contributed by atoms with E-state index in [1.165, 1.54) is 6.33 Å². The summed E-state index contributed by atoms with van der Waals surface area (Å²) in [7, 11) is 1.60. The average molecular weight is 455 g/mol. The number of nitrogens with zero attached hydrogens (tertiary/aromatic N) is 3.